The van der Waals surface area contributed by atoms with Crippen LogP contribution in [-0.2, 0) is 14.3 Å². The highest BCUT2D eigenvalue weighted by Gasteiger charge is 1.98. The number of hydrogen-bond acceptors (Lipinski definition) is 3. The number of halogens is 1. The van der Waals surface area contributed by atoms with Crippen molar-refractivity contribution >= 4 is 10.1 Å². The monoisotopic (exact) mass is 155 g/mol. The first-order valence-electron chi connectivity index (χ1n) is 2.46. The molecule has 0 saturated heterocycles. The van der Waals surface area contributed by atoms with Crippen LogP contribution in [0.5, 0.6) is 0 Å². The summed E-state index contributed by atoms with van der Waals surface area (Å²) in [6.45, 7) is -0.606. The zero-order valence-electron chi connectivity index (χ0n) is 5.13. The van der Waals surface area contributed by atoms with E-state index in [9.17, 15) is 12.8 Å². The molecule has 0 aromatic heterocycles. The van der Waals surface area contributed by atoms with Gasteiger partial charge in [0.1, 0.15) is 0 Å². The van der Waals surface area contributed by atoms with Gasteiger partial charge >= 0.3 is 0 Å². The maximum Gasteiger partial charge on any atom is 0.264 e. The van der Waals surface area contributed by atoms with Crippen LogP contribution in [-0.4, -0.2) is 28.0 Å². The first-order valence-corrected chi connectivity index (χ1v) is 4.28. The third-order valence-corrected chi connectivity index (χ3v) is 1.17. The van der Waals surface area contributed by atoms with Crippen molar-refractivity contribution in [3.05, 3.63) is 0 Å². The van der Waals surface area contributed by atoms with Crippen LogP contribution < -0.4 is 0 Å². The average Bonchev–Trinajstić information content (AvgIpc) is 1.63. The van der Waals surface area contributed by atoms with Gasteiger partial charge in [0.05, 0.1) is 19.5 Å². The van der Waals surface area contributed by atoms with Crippen molar-refractivity contribution in [1.29, 1.82) is 0 Å². The first kappa shape index (κ1) is 8.84. The van der Waals surface area contributed by atoms with E-state index in [0.717, 1.165) is 6.26 Å². The lowest BCUT2D eigenvalue weighted by Crippen LogP contribution is -2.04. The van der Waals surface area contributed by atoms with Crippen LogP contribution in [0.15, 0.2) is 0 Å². The molecule has 0 amide bonds. The Labute approximate surface area is 53.9 Å². The molecular formula is C4H9FO3S. The zero-order chi connectivity index (χ0) is 7.33. The van der Waals surface area contributed by atoms with Crippen LogP contribution in [0.3, 0.4) is 0 Å². The van der Waals surface area contributed by atoms with E-state index in [-0.39, 0.29) is 13.0 Å². The van der Waals surface area contributed by atoms with E-state index in [1.165, 1.54) is 0 Å². The molecule has 5 heteroatoms. The summed E-state index contributed by atoms with van der Waals surface area (Å²) in [4.78, 5) is 0. The average molecular weight is 155 g/mol. The molecule has 0 radical (unpaired) electrons. The molecule has 0 atom stereocenters. The molecule has 0 aliphatic heterocycles. The summed E-state index contributed by atoms with van der Waals surface area (Å²) in [5.74, 6) is 0. The lowest BCUT2D eigenvalue weighted by atomic mass is 10.5. The molecular weight excluding hydrogens is 146 g/mol. The van der Waals surface area contributed by atoms with Crippen LogP contribution in [0.4, 0.5) is 4.39 Å². The third kappa shape index (κ3) is 7.84. The summed E-state index contributed by atoms with van der Waals surface area (Å²) in [6.07, 6.45) is 1.07. The Morgan fingerprint density at radius 2 is 2.11 bits per heavy atom. The molecule has 0 fully saturated rings. The molecule has 0 aromatic rings. The Balaban J connectivity index is 3.30. The normalized spacial score (nSPS) is 11.8. The van der Waals surface area contributed by atoms with Gasteiger partial charge in [0, 0.05) is 6.42 Å². The molecule has 0 N–H and O–H groups in total. The molecule has 0 unspecified atom stereocenters. The summed E-state index contributed by atoms with van der Waals surface area (Å²) in [5.41, 5.74) is 0. The lowest BCUT2D eigenvalue weighted by molar-refractivity contribution is 0.295. The van der Waals surface area contributed by atoms with E-state index >= 15 is 0 Å². The molecule has 0 aliphatic rings. The number of alkyl halides is 1. The predicted molar refractivity (Wildman–Crippen MR) is 31.4 cm³/mol. The second-order valence-electron chi connectivity index (χ2n) is 1.57. The van der Waals surface area contributed by atoms with Gasteiger partial charge in [-0.15, -0.1) is 0 Å². The fraction of sp³-hybridized carbons (Fsp3) is 1.00. The van der Waals surface area contributed by atoms with Gasteiger partial charge in [-0.05, 0) is 0 Å². The minimum absolute atomic E-state index is 0.0602. The predicted octanol–water partition coefficient (Wildman–Crippen LogP) is 0.322. The van der Waals surface area contributed by atoms with Gasteiger partial charge in [0.25, 0.3) is 10.1 Å². The molecule has 0 saturated carbocycles. The van der Waals surface area contributed by atoms with Crippen LogP contribution >= 0.6 is 0 Å². The van der Waals surface area contributed by atoms with E-state index in [4.69, 9.17) is 0 Å². The number of hydrogen-bond donors (Lipinski definition) is 0. The largest absolute Gasteiger partial charge is 0.270 e. The smallest absolute Gasteiger partial charge is 0.264 e. The fourth-order valence-corrected chi connectivity index (χ4v) is 0.685. The van der Waals surface area contributed by atoms with E-state index in [2.05, 4.69) is 4.18 Å². The van der Waals surface area contributed by atoms with Crippen molar-refractivity contribution in [2.24, 2.45) is 0 Å². The van der Waals surface area contributed by atoms with Crippen molar-refractivity contribution in [3.8, 4) is 0 Å². The zero-order valence-corrected chi connectivity index (χ0v) is 5.95. The Kier molecular flexibility index (Phi) is 3.72. The number of rotatable bonds is 4. The highest BCUT2D eigenvalue weighted by Crippen LogP contribution is 1.89. The van der Waals surface area contributed by atoms with E-state index in [0.29, 0.717) is 0 Å². The molecule has 0 rings (SSSR count). The maximum absolute atomic E-state index is 11.3. The van der Waals surface area contributed by atoms with Gasteiger partial charge in [0.15, 0.2) is 0 Å². The molecule has 56 valence electrons. The SMILES string of the molecule is CS(=O)(=O)OCCC[18F]. The van der Waals surface area contributed by atoms with Crippen molar-refractivity contribution < 1.29 is 17.0 Å². The third-order valence-electron chi connectivity index (χ3n) is 0.575. The maximum atomic E-state index is 11.3. The van der Waals surface area contributed by atoms with Crippen LogP contribution in [0, 0.1) is 0 Å². The summed E-state index contributed by atoms with van der Waals surface area (Å²) < 4.78 is 35.8. The highest BCUT2D eigenvalue weighted by atomic mass is 32.2. The molecule has 0 bridgehead atoms. The Bertz CT molecular complexity index is 151. The van der Waals surface area contributed by atoms with Gasteiger partial charge in [-0.3, -0.25) is 8.57 Å². The van der Waals surface area contributed by atoms with E-state index in [1.54, 1.807) is 0 Å². The quantitative estimate of drug-likeness (QED) is 0.434. The lowest BCUT2D eigenvalue weighted by Gasteiger charge is -1.95. The van der Waals surface area contributed by atoms with Crippen molar-refractivity contribution in [3.63, 3.8) is 0 Å². The molecule has 0 spiro atoms. The summed E-state index contributed by atoms with van der Waals surface area (Å²) >= 11 is 0. The Morgan fingerprint density at radius 3 is 2.44 bits per heavy atom. The summed E-state index contributed by atoms with van der Waals surface area (Å²) in [6, 6.07) is 0. The van der Waals surface area contributed by atoms with Gasteiger partial charge in [-0.2, -0.15) is 8.42 Å². The fourth-order valence-electron chi connectivity index (χ4n) is 0.265. The minimum Gasteiger partial charge on any atom is -0.270 e. The molecule has 0 aromatic carbocycles. The summed E-state index contributed by atoms with van der Waals surface area (Å²) in [7, 11) is -3.36. The standard InChI is InChI=1S/C4H9FO3S/c1-9(6,7)8-4-2-3-5/h2-4H2,1H3/i5-1. The minimum atomic E-state index is -3.36. The summed E-state index contributed by atoms with van der Waals surface area (Å²) in [5, 5.41) is 0. The van der Waals surface area contributed by atoms with Crippen LogP contribution in [0.2, 0.25) is 0 Å². The van der Waals surface area contributed by atoms with Crippen molar-refractivity contribution in [2.45, 2.75) is 6.42 Å². The van der Waals surface area contributed by atoms with Crippen molar-refractivity contribution in [2.75, 3.05) is 19.5 Å². The van der Waals surface area contributed by atoms with Gasteiger partial charge < -0.3 is 0 Å². The Hall–Kier alpha value is -0.160. The molecule has 0 heterocycles. The van der Waals surface area contributed by atoms with Crippen molar-refractivity contribution in [1.82, 2.24) is 0 Å². The van der Waals surface area contributed by atoms with Gasteiger partial charge in [-0.25, -0.2) is 0 Å². The topological polar surface area (TPSA) is 43.4 Å². The second-order valence-corrected chi connectivity index (χ2v) is 3.21. The van der Waals surface area contributed by atoms with Gasteiger partial charge in [0.2, 0.25) is 0 Å². The van der Waals surface area contributed by atoms with Crippen LogP contribution in [0.1, 0.15) is 6.42 Å². The van der Waals surface area contributed by atoms with Gasteiger partial charge in [-0.1, -0.05) is 0 Å². The van der Waals surface area contributed by atoms with Crippen LogP contribution in [0.25, 0.3) is 0 Å². The Morgan fingerprint density at radius 1 is 1.56 bits per heavy atom. The first-order chi connectivity index (χ1) is 4.06. The van der Waals surface area contributed by atoms with E-state index in [1.807, 2.05) is 0 Å². The highest BCUT2D eigenvalue weighted by molar-refractivity contribution is 7.85. The molecule has 9 heavy (non-hydrogen) atoms. The molecule has 3 nitrogen and oxygen atoms in total. The van der Waals surface area contributed by atoms with E-state index < -0.39 is 16.8 Å². The molecule has 0 aliphatic carbocycles. The second kappa shape index (κ2) is 3.79.